The summed E-state index contributed by atoms with van der Waals surface area (Å²) in [7, 11) is 0. The first-order valence-electron chi connectivity index (χ1n) is 6.91. The fraction of sp³-hybridized carbons (Fsp3) is 0. The van der Waals surface area contributed by atoms with E-state index in [-0.39, 0.29) is 5.91 Å². The maximum absolute atomic E-state index is 12.3. The fourth-order valence-corrected chi connectivity index (χ4v) is 2.78. The lowest BCUT2D eigenvalue weighted by molar-refractivity contribution is 0.102. The van der Waals surface area contributed by atoms with Gasteiger partial charge in [-0.3, -0.25) is 9.78 Å². The summed E-state index contributed by atoms with van der Waals surface area (Å²) < 4.78 is 0.912. The molecule has 5 heteroatoms. The molecule has 0 unspecified atom stereocenters. The van der Waals surface area contributed by atoms with E-state index in [0.29, 0.717) is 16.3 Å². The van der Waals surface area contributed by atoms with Crippen LogP contribution in [0, 0.1) is 0 Å². The maximum atomic E-state index is 12.3. The third-order valence-corrected chi connectivity index (χ3v) is 4.06. The Morgan fingerprint density at radius 1 is 1.04 bits per heavy atom. The zero-order valence-electron chi connectivity index (χ0n) is 12.0. The molecule has 3 aromatic rings. The molecule has 0 saturated heterocycles. The summed E-state index contributed by atoms with van der Waals surface area (Å²) >= 11 is 9.52. The third kappa shape index (κ3) is 3.78. The first-order valence-corrected chi connectivity index (χ1v) is 8.08. The van der Waals surface area contributed by atoms with E-state index in [0.717, 1.165) is 15.7 Å². The normalized spacial score (nSPS) is 10.3. The van der Waals surface area contributed by atoms with Crippen LogP contribution in [-0.4, -0.2) is 10.9 Å². The first kappa shape index (κ1) is 15.7. The van der Waals surface area contributed by atoms with Crippen LogP contribution in [0.3, 0.4) is 0 Å². The maximum Gasteiger partial charge on any atom is 0.255 e. The second-order valence-electron chi connectivity index (χ2n) is 4.88. The first-order chi connectivity index (χ1) is 11.1. The molecular weight excluding hydrogens is 376 g/mol. The van der Waals surface area contributed by atoms with Crippen LogP contribution in [0.1, 0.15) is 10.4 Å². The number of amides is 1. The SMILES string of the molecule is O=C(Nc1cccc(Br)c1)c1ccc(-c2ncccc2Cl)cc1. The number of aromatic nitrogens is 1. The van der Waals surface area contributed by atoms with Crippen molar-refractivity contribution in [1.29, 1.82) is 0 Å². The second-order valence-corrected chi connectivity index (χ2v) is 6.20. The molecule has 3 nitrogen and oxygen atoms in total. The van der Waals surface area contributed by atoms with Gasteiger partial charge in [-0.2, -0.15) is 0 Å². The Bertz CT molecular complexity index is 850. The van der Waals surface area contributed by atoms with Crippen molar-refractivity contribution in [3.05, 3.63) is 81.9 Å². The molecule has 1 N–H and O–H groups in total. The Balaban J connectivity index is 1.79. The van der Waals surface area contributed by atoms with E-state index in [2.05, 4.69) is 26.2 Å². The Hall–Kier alpha value is -2.17. The average molecular weight is 388 g/mol. The molecule has 0 radical (unpaired) electrons. The van der Waals surface area contributed by atoms with E-state index >= 15 is 0 Å². The highest BCUT2D eigenvalue weighted by atomic mass is 79.9. The summed E-state index contributed by atoms with van der Waals surface area (Å²) in [5, 5.41) is 3.44. The van der Waals surface area contributed by atoms with Gasteiger partial charge in [0.2, 0.25) is 0 Å². The van der Waals surface area contributed by atoms with Gasteiger partial charge in [-0.15, -0.1) is 0 Å². The highest BCUT2D eigenvalue weighted by Crippen LogP contribution is 2.25. The number of halogens is 2. The molecule has 1 aromatic heterocycles. The highest BCUT2D eigenvalue weighted by Gasteiger charge is 2.08. The molecule has 114 valence electrons. The predicted molar refractivity (Wildman–Crippen MR) is 96.8 cm³/mol. The second kappa shape index (κ2) is 6.94. The summed E-state index contributed by atoms with van der Waals surface area (Å²) in [6.07, 6.45) is 1.69. The van der Waals surface area contributed by atoms with Gasteiger partial charge < -0.3 is 5.32 Å². The van der Waals surface area contributed by atoms with E-state index in [1.165, 1.54) is 0 Å². The van der Waals surface area contributed by atoms with Crippen LogP contribution in [0.2, 0.25) is 5.02 Å². The number of hydrogen-bond donors (Lipinski definition) is 1. The van der Waals surface area contributed by atoms with Crippen LogP contribution in [0.25, 0.3) is 11.3 Å². The lowest BCUT2D eigenvalue weighted by Crippen LogP contribution is -2.11. The van der Waals surface area contributed by atoms with Gasteiger partial charge in [-0.25, -0.2) is 0 Å². The number of carbonyl (C=O) groups is 1. The number of pyridine rings is 1. The van der Waals surface area contributed by atoms with Crippen molar-refractivity contribution in [2.75, 3.05) is 5.32 Å². The number of anilines is 1. The summed E-state index contributed by atoms with van der Waals surface area (Å²) in [5.41, 5.74) is 2.88. The lowest BCUT2D eigenvalue weighted by Gasteiger charge is -2.07. The summed E-state index contributed by atoms with van der Waals surface area (Å²) in [6, 6.07) is 18.2. The summed E-state index contributed by atoms with van der Waals surface area (Å²) in [4.78, 5) is 16.5. The van der Waals surface area contributed by atoms with Crippen LogP contribution in [0.5, 0.6) is 0 Å². The van der Waals surface area contributed by atoms with Crippen LogP contribution < -0.4 is 5.32 Å². The minimum Gasteiger partial charge on any atom is -0.322 e. The molecule has 1 amide bonds. The van der Waals surface area contributed by atoms with Crippen molar-refractivity contribution < 1.29 is 4.79 Å². The smallest absolute Gasteiger partial charge is 0.255 e. The van der Waals surface area contributed by atoms with Crippen LogP contribution in [0.15, 0.2) is 71.3 Å². The van der Waals surface area contributed by atoms with Gasteiger partial charge in [0.05, 0.1) is 10.7 Å². The quantitative estimate of drug-likeness (QED) is 0.652. The zero-order chi connectivity index (χ0) is 16.2. The number of hydrogen-bond acceptors (Lipinski definition) is 2. The number of nitrogens with one attached hydrogen (secondary N) is 1. The summed E-state index contributed by atoms with van der Waals surface area (Å²) in [5.74, 6) is -0.165. The molecule has 3 rings (SSSR count). The van der Waals surface area contributed by atoms with E-state index in [9.17, 15) is 4.79 Å². The molecule has 1 heterocycles. The number of carbonyl (C=O) groups excluding carboxylic acids is 1. The fourth-order valence-electron chi connectivity index (χ4n) is 2.15. The van der Waals surface area contributed by atoms with Gasteiger partial charge in [0, 0.05) is 27.5 Å². The van der Waals surface area contributed by atoms with Crippen LogP contribution in [0.4, 0.5) is 5.69 Å². The zero-order valence-corrected chi connectivity index (χ0v) is 14.3. The van der Waals surface area contributed by atoms with Gasteiger partial charge in [0.15, 0.2) is 0 Å². The Morgan fingerprint density at radius 2 is 1.83 bits per heavy atom. The lowest BCUT2D eigenvalue weighted by atomic mass is 10.1. The Labute approximate surface area is 147 Å². The topological polar surface area (TPSA) is 42.0 Å². The van der Waals surface area contributed by atoms with Crippen molar-refractivity contribution in [2.24, 2.45) is 0 Å². The minimum absolute atomic E-state index is 0.165. The molecule has 0 bridgehead atoms. The van der Waals surface area contributed by atoms with Gasteiger partial charge in [0.1, 0.15) is 0 Å². The van der Waals surface area contributed by atoms with Crippen molar-refractivity contribution in [3.63, 3.8) is 0 Å². The van der Waals surface area contributed by atoms with Crippen molar-refractivity contribution in [2.45, 2.75) is 0 Å². The van der Waals surface area contributed by atoms with E-state index in [1.807, 2.05) is 36.4 Å². The Kier molecular flexibility index (Phi) is 4.74. The standard InChI is InChI=1S/C18H12BrClN2O/c19-14-3-1-4-15(11-14)22-18(23)13-8-6-12(7-9-13)17-16(20)5-2-10-21-17/h1-11H,(H,22,23). The Morgan fingerprint density at radius 3 is 2.52 bits per heavy atom. The third-order valence-electron chi connectivity index (χ3n) is 3.26. The molecule has 0 saturated carbocycles. The number of nitrogens with zero attached hydrogens (tertiary/aromatic N) is 1. The van der Waals surface area contributed by atoms with Crippen LogP contribution >= 0.6 is 27.5 Å². The molecule has 0 spiro atoms. The van der Waals surface area contributed by atoms with Crippen molar-refractivity contribution >= 4 is 39.1 Å². The summed E-state index contributed by atoms with van der Waals surface area (Å²) in [6.45, 7) is 0. The molecule has 0 aliphatic heterocycles. The molecule has 0 aliphatic carbocycles. The molecule has 2 aromatic carbocycles. The highest BCUT2D eigenvalue weighted by molar-refractivity contribution is 9.10. The van der Waals surface area contributed by atoms with E-state index in [4.69, 9.17) is 11.6 Å². The van der Waals surface area contributed by atoms with Gasteiger partial charge >= 0.3 is 0 Å². The van der Waals surface area contributed by atoms with Gasteiger partial charge in [0.25, 0.3) is 5.91 Å². The predicted octanol–water partition coefficient (Wildman–Crippen LogP) is 5.42. The molecule has 0 fully saturated rings. The van der Waals surface area contributed by atoms with E-state index in [1.54, 1.807) is 30.5 Å². The number of benzene rings is 2. The van der Waals surface area contributed by atoms with E-state index < -0.39 is 0 Å². The monoisotopic (exact) mass is 386 g/mol. The number of rotatable bonds is 3. The van der Waals surface area contributed by atoms with Crippen molar-refractivity contribution in [3.8, 4) is 11.3 Å². The molecule has 23 heavy (non-hydrogen) atoms. The van der Waals surface area contributed by atoms with Gasteiger partial charge in [-0.1, -0.05) is 45.7 Å². The largest absolute Gasteiger partial charge is 0.322 e. The van der Waals surface area contributed by atoms with Crippen molar-refractivity contribution in [1.82, 2.24) is 4.98 Å². The minimum atomic E-state index is -0.165. The van der Waals surface area contributed by atoms with Crippen LogP contribution in [-0.2, 0) is 0 Å². The molecule has 0 aliphatic rings. The van der Waals surface area contributed by atoms with Gasteiger partial charge in [-0.05, 0) is 42.5 Å². The molecular formula is C18H12BrClN2O. The average Bonchev–Trinajstić information content (AvgIpc) is 2.55. The molecule has 0 atom stereocenters.